The number of carbonyl (C=O) groups is 4. The number of imide groups is 3. The molecule has 0 bridgehead atoms. The standard InChI is InChI=1S/C30H36N4O5S/c1-18(2)24(31)29(37)34(30(38)39-17-20-11-6-5-7-12-20)28(36)22-14-10-16-33(22)25(19(3)4)26(35)27-32-21-13-8-9-15-23(21)40-27/h5-9,11-13,15,18-19,22,24-25H,10,14,16-17,31H2,1-4H3/t22-,24-,25?/m0/s1. The van der Waals surface area contributed by atoms with Crippen LogP contribution < -0.4 is 5.73 Å². The molecule has 3 aromatic rings. The molecule has 0 spiro atoms. The van der Waals surface area contributed by atoms with Gasteiger partial charge < -0.3 is 10.5 Å². The van der Waals surface area contributed by atoms with Crippen LogP contribution in [0.4, 0.5) is 4.79 Å². The Morgan fingerprint density at radius 3 is 2.35 bits per heavy atom. The average Bonchev–Trinajstić information content (AvgIpc) is 3.59. The largest absolute Gasteiger partial charge is 0.444 e. The van der Waals surface area contributed by atoms with Crippen LogP contribution in [0.1, 0.15) is 55.9 Å². The molecule has 1 aliphatic heterocycles. The monoisotopic (exact) mass is 564 g/mol. The van der Waals surface area contributed by atoms with Crippen molar-refractivity contribution in [3.8, 4) is 0 Å². The van der Waals surface area contributed by atoms with Gasteiger partial charge in [-0.2, -0.15) is 4.90 Å². The molecule has 3 atom stereocenters. The number of para-hydroxylation sites is 1. The van der Waals surface area contributed by atoms with Gasteiger partial charge in [0.2, 0.25) is 5.78 Å². The average molecular weight is 565 g/mol. The fourth-order valence-electron chi connectivity index (χ4n) is 4.98. The molecule has 1 unspecified atom stereocenters. The molecule has 40 heavy (non-hydrogen) atoms. The third kappa shape index (κ3) is 6.29. The van der Waals surface area contributed by atoms with Gasteiger partial charge in [-0.25, -0.2) is 9.78 Å². The van der Waals surface area contributed by atoms with Crippen LogP contribution in [0.5, 0.6) is 0 Å². The fourth-order valence-corrected chi connectivity index (χ4v) is 5.92. The summed E-state index contributed by atoms with van der Waals surface area (Å²) in [6.45, 7) is 7.69. The zero-order valence-electron chi connectivity index (χ0n) is 23.3. The van der Waals surface area contributed by atoms with Gasteiger partial charge in [0.25, 0.3) is 11.8 Å². The Hall–Kier alpha value is -3.47. The molecule has 4 rings (SSSR count). The predicted octanol–water partition coefficient (Wildman–Crippen LogP) is 4.64. The second-order valence-corrected chi connectivity index (χ2v) is 11.8. The zero-order valence-corrected chi connectivity index (χ0v) is 24.1. The summed E-state index contributed by atoms with van der Waals surface area (Å²) in [6, 6.07) is 13.9. The highest BCUT2D eigenvalue weighted by molar-refractivity contribution is 7.20. The van der Waals surface area contributed by atoms with Crippen molar-refractivity contribution in [2.75, 3.05) is 6.54 Å². The number of benzene rings is 2. The molecule has 1 aliphatic rings. The van der Waals surface area contributed by atoms with Crippen molar-refractivity contribution in [3.05, 3.63) is 65.2 Å². The van der Waals surface area contributed by atoms with Gasteiger partial charge in [0.1, 0.15) is 6.61 Å². The Balaban J connectivity index is 1.61. The number of rotatable bonds is 9. The van der Waals surface area contributed by atoms with E-state index in [2.05, 4.69) is 4.98 Å². The van der Waals surface area contributed by atoms with Gasteiger partial charge in [0, 0.05) is 0 Å². The number of amides is 3. The number of thiazole rings is 1. The second kappa shape index (κ2) is 12.8. The van der Waals surface area contributed by atoms with Crippen LogP contribution in [0.15, 0.2) is 54.6 Å². The molecule has 2 heterocycles. The SMILES string of the molecule is CC(C)C(C(=O)c1nc2ccccc2s1)N1CCC[C@H]1C(=O)N(C(=O)OCc1ccccc1)C(=O)[C@@H](N)C(C)C. The first-order valence-corrected chi connectivity index (χ1v) is 14.4. The van der Waals surface area contributed by atoms with Crippen molar-refractivity contribution in [3.63, 3.8) is 0 Å². The fraction of sp³-hybridized carbons (Fsp3) is 0.433. The molecule has 2 N–H and O–H groups in total. The van der Waals surface area contributed by atoms with Gasteiger partial charge in [-0.05, 0) is 48.9 Å². The van der Waals surface area contributed by atoms with Gasteiger partial charge in [0.05, 0.1) is 28.3 Å². The summed E-state index contributed by atoms with van der Waals surface area (Å²) in [6.07, 6.45) is -0.0493. The highest BCUT2D eigenvalue weighted by Crippen LogP contribution is 2.30. The van der Waals surface area contributed by atoms with E-state index in [9.17, 15) is 19.2 Å². The summed E-state index contributed by atoms with van der Waals surface area (Å²) in [4.78, 5) is 61.4. The number of ether oxygens (including phenoxy) is 1. The topological polar surface area (TPSA) is 123 Å². The van der Waals surface area contributed by atoms with Gasteiger partial charge in [0.15, 0.2) is 5.01 Å². The van der Waals surface area contributed by atoms with Crippen molar-refractivity contribution in [1.82, 2.24) is 14.8 Å². The maximum Gasteiger partial charge on any atom is 0.423 e. The number of carbonyl (C=O) groups excluding carboxylic acids is 4. The molecule has 9 nitrogen and oxygen atoms in total. The molecule has 0 aliphatic carbocycles. The number of hydrogen-bond acceptors (Lipinski definition) is 9. The maximum atomic E-state index is 14.0. The van der Waals surface area contributed by atoms with Crippen molar-refractivity contribution < 1.29 is 23.9 Å². The third-order valence-electron chi connectivity index (χ3n) is 7.17. The molecule has 1 aromatic heterocycles. The molecular formula is C30H36N4O5S. The van der Waals surface area contributed by atoms with E-state index >= 15 is 0 Å². The van der Waals surface area contributed by atoms with Crippen LogP contribution in [-0.4, -0.2) is 63.1 Å². The minimum Gasteiger partial charge on any atom is -0.444 e. The van der Waals surface area contributed by atoms with Gasteiger partial charge in [-0.15, -0.1) is 11.3 Å². The lowest BCUT2D eigenvalue weighted by molar-refractivity contribution is -0.147. The van der Waals surface area contributed by atoms with Crippen LogP contribution in [0, 0.1) is 11.8 Å². The van der Waals surface area contributed by atoms with E-state index in [4.69, 9.17) is 10.5 Å². The Labute approximate surface area is 238 Å². The van der Waals surface area contributed by atoms with Crippen LogP contribution in [0.25, 0.3) is 10.2 Å². The summed E-state index contributed by atoms with van der Waals surface area (Å²) in [5.41, 5.74) is 7.58. The Kier molecular flexibility index (Phi) is 9.44. The number of likely N-dealkylation sites (tertiary alicyclic amines) is 1. The summed E-state index contributed by atoms with van der Waals surface area (Å²) in [5, 5.41) is 0.370. The van der Waals surface area contributed by atoms with Gasteiger partial charge in [-0.1, -0.05) is 70.2 Å². The molecule has 2 aromatic carbocycles. The smallest absolute Gasteiger partial charge is 0.423 e. The van der Waals surface area contributed by atoms with E-state index in [0.717, 1.165) is 10.2 Å². The van der Waals surface area contributed by atoms with Crippen molar-refractivity contribution in [2.45, 2.75) is 65.3 Å². The summed E-state index contributed by atoms with van der Waals surface area (Å²) < 4.78 is 6.32. The third-order valence-corrected chi connectivity index (χ3v) is 8.22. The molecular weight excluding hydrogens is 528 g/mol. The molecule has 0 saturated carbocycles. The van der Waals surface area contributed by atoms with Crippen molar-refractivity contribution in [2.24, 2.45) is 17.6 Å². The minimum absolute atomic E-state index is 0.104. The number of nitrogens with zero attached hydrogens (tertiary/aromatic N) is 3. The number of ketones is 1. The first-order chi connectivity index (χ1) is 19.1. The summed E-state index contributed by atoms with van der Waals surface area (Å²) in [7, 11) is 0. The number of Topliss-reactive ketones (excluding diaryl/α,β-unsaturated/α-hetero) is 1. The minimum atomic E-state index is -1.08. The highest BCUT2D eigenvalue weighted by atomic mass is 32.1. The lowest BCUT2D eigenvalue weighted by atomic mass is 9.96. The molecule has 1 fully saturated rings. The van der Waals surface area contributed by atoms with Gasteiger partial charge >= 0.3 is 6.09 Å². The maximum absolute atomic E-state index is 14.0. The lowest BCUT2D eigenvalue weighted by Gasteiger charge is -2.35. The van der Waals surface area contributed by atoms with E-state index in [1.807, 2.05) is 49.1 Å². The van der Waals surface area contributed by atoms with Crippen molar-refractivity contribution in [1.29, 1.82) is 0 Å². The van der Waals surface area contributed by atoms with Crippen LogP contribution in [0.2, 0.25) is 0 Å². The zero-order chi connectivity index (χ0) is 29.0. The van der Waals surface area contributed by atoms with E-state index in [1.54, 1.807) is 38.1 Å². The second-order valence-electron chi connectivity index (χ2n) is 10.8. The molecule has 3 amide bonds. The molecule has 1 saturated heterocycles. The molecule has 0 radical (unpaired) electrons. The molecule has 212 valence electrons. The Morgan fingerprint density at radius 1 is 1.02 bits per heavy atom. The van der Waals surface area contributed by atoms with E-state index < -0.39 is 36.0 Å². The van der Waals surface area contributed by atoms with Crippen LogP contribution in [0.3, 0.4) is 0 Å². The number of nitrogens with two attached hydrogens (primary N) is 1. The normalized spacial score (nSPS) is 17.2. The van der Waals surface area contributed by atoms with Crippen LogP contribution in [-0.2, 0) is 20.9 Å². The van der Waals surface area contributed by atoms with E-state index in [1.165, 1.54) is 11.3 Å². The van der Waals surface area contributed by atoms with Crippen LogP contribution >= 0.6 is 11.3 Å². The van der Waals surface area contributed by atoms with Crippen molar-refractivity contribution >= 4 is 45.2 Å². The number of hydrogen-bond donors (Lipinski definition) is 1. The van der Waals surface area contributed by atoms with E-state index in [0.29, 0.717) is 34.9 Å². The summed E-state index contributed by atoms with van der Waals surface area (Å²) >= 11 is 1.32. The highest BCUT2D eigenvalue weighted by Gasteiger charge is 2.46. The first-order valence-electron chi connectivity index (χ1n) is 13.6. The number of aromatic nitrogens is 1. The first kappa shape index (κ1) is 29.5. The van der Waals surface area contributed by atoms with E-state index in [-0.39, 0.29) is 24.2 Å². The Morgan fingerprint density at radius 2 is 1.70 bits per heavy atom. The quantitative estimate of drug-likeness (QED) is 0.373. The molecule has 10 heteroatoms. The lowest BCUT2D eigenvalue weighted by Crippen LogP contribution is -2.58. The van der Waals surface area contributed by atoms with Gasteiger partial charge in [-0.3, -0.25) is 19.3 Å². The number of fused-ring (bicyclic) bond motifs is 1. The summed E-state index contributed by atoms with van der Waals surface area (Å²) in [5.74, 6) is -2.18. The Bertz CT molecular complexity index is 1340. The predicted molar refractivity (Wildman–Crippen MR) is 154 cm³/mol.